The van der Waals surface area contributed by atoms with E-state index in [2.05, 4.69) is 9.88 Å². The van der Waals surface area contributed by atoms with E-state index in [0.717, 1.165) is 64.0 Å². The second-order valence-corrected chi connectivity index (χ2v) is 9.83. The molecule has 8 nitrogen and oxygen atoms in total. The molecular weight excluding hydrogens is 394 g/mol. The summed E-state index contributed by atoms with van der Waals surface area (Å²) in [6.45, 7) is 4.16. The zero-order valence-corrected chi connectivity index (χ0v) is 17.6. The highest BCUT2D eigenvalue weighted by Gasteiger charge is 2.28. The topological polar surface area (TPSA) is 108 Å². The van der Waals surface area contributed by atoms with E-state index in [1.807, 2.05) is 23.2 Å². The predicted octanol–water partition coefficient (Wildman–Crippen LogP) is 1.07. The molecule has 3 heterocycles. The third kappa shape index (κ3) is 8.49. The average Bonchev–Trinajstić information content (AvgIpc) is 2.91. The first-order chi connectivity index (χ1) is 13.9. The van der Waals surface area contributed by atoms with Crippen molar-refractivity contribution in [3.63, 3.8) is 0 Å². The molecule has 2 fully saturated rings. The predicted molar refractivity (Wildman–Crippen MR) is 110 cm³/mol. The summed E-state index contributed by atoms with van der Waals surface area (Å²) in [5.41, 5.74) is 1.10. The van der Waals surface area contributed by atoms with Crippen molar-refractivity contribution in [1.29, 1.82) is 0 Å². The lowest BCUT2D eigenvalue weighted by Gasteiger charge is -2.23. The van der Waals surface area contributed by atoms with E-state index < -0.39 is 9.84 Å². The number of carbonyl (C=O) groups excluding carboxylic acids is 1. The Labute approximate surface area is 172 Å². The summed E-state index contributed by atoms with van der Waals surface area (Å²) in [6, 6.07) is 3.91. The van der Waals surface area contributed by atoms with Crippen LogP contribution >= 0.6 is 0 Å². The van der Waals surface area contributed by atoms with Crippen LogP contribution in [0.3, 0.4) is 0 Å². The maximum absolute atomic E-state index is 12.5. The number of pyridine rings is 1. The second kappa shape index (κ2) is 11.9. The SMILES string of the molecule is O=C(CCc1cccnc1)N1CCCN(CCC2CCS(=O)(=O)C2)CC1.O=CO. The molecule has 1 atom stereocenters. The average molecular weight is 426 g/mol. The molecule has 1 unspecified atom stereocenters. The van der Waals surface area contributed by atoms with Crippen LogP contribution in [0.5, 0.6) is 0 Å². The molecule has 0 spiro atoms. The quantitative estimate of drug-likeness (QED) is 0.679. The highest BCUT2D eigenvalue weighted by Crippen LogP contribution is 2.22. The summed E-state index contributed by atoms with van der Waals surface area (Å²) in [7, 11) is -2.78. The molecule has 1 amide bonds. The number of aromatic nitrogens is 1. The van der Waals surface area contributed by atoms with E-state index in [0.29, 0.717) is 23.8 Å². The standard InChI is InChI=1S/C19H29N3O3S.CH2O2/c23-19(5-4-17-3-1-8-20-15-17)22-10-2-9-21(12-13-22)11-6-18-7-14-26(24,25)16-18;2-1-3/h1,3,8,15,18H,2,4-7,9-14,16H2;1H,(H,2,3). The van der Waals surface area contributed by atoms with Gasteiger partial charge in [0.1, 0.15) is 0 Å². The zero-order chi connectivity index (χ0) is 21.1. The van der Waals surface area contributed by atoms with Gasteiger partial charge in [-0.05, 0) is 56.3 Å². The van der Waals surface area contributed by atoms with Crippen LogP contribution in [0.2, 0.25) is 0 Å². The number of hydrogen-bond acceptors (Lipinski definition) is 6. The molecule has 1 N–H and O–H groups in total. The molecule has 2 aliphatic heterocycles. The fraction of sp³-hybridized carbons (Fsp3) is 0.650. The van der Waals surface area contributed by atoms with Gasteiger partial charge in [0, 0.05) is 38.4 Å². The largest absolute Gasteiger partial charge is 0.483 e. The van der Waals surface area contributed by atoms with Gasteiger partial charge < -0.3 is 14.9 Å². The van der Waals surface area contributed by atoms with Gasteiger partial charge in [0.2, 0.25) is 5.91 Å². The molecular formula is C20H31N3O5S. The smallest absolute Gasteiger partial charge is 0.290 e. The number of nitrogens with zero attached hydrogens (tertiary/aromatic N) is 3. The van der Waals surface area contributed by atoms with Crippen LogP contribution in [-0.4, -0.2) is 84.9 Å². The highest BCUT2D eigenvalue weighted by atomic mass is 32.2. The Morgan fingerprint density at radius 3 is 2.72 bits per heavy atom. The number of carboxylic acid groups (broad SMARTS) is 1. The first-order valence-corrected chi connectivity index (χ1v) is 11.9. The van der Waals surface area contributed by atoms with Crippen molar-refractivity contribution in [1.82, 2.24) is 14.8 Å². The highest BCUT2D eigenvalue weighted by molar-refractivity contribution is 7.91. The molecule has 0 saturated carbocycles. The minimum Gasteiger partial charge on any atom is -0.483 e. The number of rotatable bonds is 6. The van der Waals surface area contributed by atoms with Gasteiger partial charge in [-0.25, -0.2) is 8.42 Å². The number of amides is 1. The molecule has 29 heavy (non-hydrogen) atoms. The first-order valence-electron chi connectivity index (χ1n) is 10.1. The summed E-state index contributed by atoms with van der Waals surface area (Å²) < 4.78 is 23.1. The van der Waals surface area contributed by atoms with Gasteiger partial charge in [0.05, 0.1) is 11.5 Å². The number of carbonyl (C=O) groups is 2. The Morgan fingerprint density at radius 1 is 1.28 bits per heavy atom. The van der Waals surface area contributed by atoms with Crippen molar-refractivity contribution in [2.45, 2.75) is 32.1 Å². The summed E-state index contributed by atoms with van der Waals surface area (Å²) in [5.74, 6) is 1.26. The van der Waals surface area contributed by atoms with Crippen LogP contribution in [-0.2, 0) is 25.8 Å². The van der Waals surface area contributed by atoms with Crippen LogP contribution in [0, 0.1) is 5.92 Å². The first kappa shape index (κ1) is 23.3. The van der Waals surface area contributed by atoms with Gasteiger partial charge in [-0.15, -0.1) is 0 Å². The molecule has 2 saturated heterocycles. The van der Waals surface area contributed by atoms with Gasteiger partial charge >= 0.3 is 0 Å². The molecule has 3 rings (SSSR count). The van der Waals surface area contributed by atoms with Crippen LogP contribution in [0.4, 0.5) is 0 Å². The summed E-state index contributed by atoms with van der Waals surface area (Å²) in [4.78, 5) is 29.3. The fourth-order valence-electron chi connectivity index (χ4n) is 3.86. The van der Waals surface area contributed by atoms with Gasteiger partial charge in [-0.3, -0.25) is 14.6 Å². The lowest BCUT2D eigenvalue weighted by Crippen LogP contribution is -2.35. The Kier molecular flexibility index (Phi) is 9.53. The molecule has 0 radical (unpaired) electrons. The molecule has 162 valence electrons. The second-order valence-electron chi connectivity index (χ2n) is 7.60. The van der Waals surface area contributed by atoms with Crippen LogP contribution in [0.25, 0.3) is 0 Å². The summed E-state index contributed by atoms with van der Waals surface area (Å²) in [6.07, 6.45) is 7.59. The van der Waals surface area contributed by atoms with Crippen molar-refractivity contribution in [3.8, 4) is 0 Å². The molecule has 2 aliphatic rings. The van der Waals surface area contributed by atoms with E-state index in [-0.39, 0.29) is 12.4 Å². The normalized spacial score (nSPS) is 21.7. The van der Waals surface area contributed by atoms with E-state index >= 15 is 0 Å². The Morgan fingerprint density at radius 2 is 2.07 bits per heavy atom. The number of aryl methyl sites for hydroxylation is 1. The summed E-state index contributed by atoms with van der Waals surface area (Å²) >= 11 is 0. The third-order valence-electron chi connectivity index (χ3n) is 5.47. The van der Waals surface area contributed by atoms with E-state index in [1.54, 1.807) is 6.20 Å². The molecule has 0 aromatic carbocycles. The van der Waals surface area contributed by atoms with Crippen molar-refractivity contribution >= 4 is 22.2 Å². The molecule has 9 heteroatoms. The van der Waals surface area contributed by atoms with Crippen molar-refractivity contribution in [2.24, 2.45) is 5.92 Å². The Hall–Kier alpha value is -2.00. The van der Waals surface area contributed by atoms with E-state index in [9.17, 15) is 13.2 Å². The number of hydrogen-bond donors (Lipinski definition) is 1. The molecule has 1 aromatic heterocycles. The van der Waals surface area contributed by atoms with Crippen LogP contribution in [0.1, 0.15) is 31.2 Å². The Balaban J connectivity index is 0.000000941. The van der Waals surface area contributed by atoms with Gasteiger partial charge in [0.25, 0.3) is 6.47 Å². The lowest BCUT2D eigenvalue weighted by atomic mass is 10.1. The number of sulfone groups is 1. The van der Waals surface area contributed by atoms with Crippen LogP contribution < -0.4 is 0 Å². The minimum absolute atomic E-state index is 0.220. The molecule has 1 aromatic rings. The Bertz CT molecular complexity index is 742. The van der Waals surface area contributed by atoms with E-state index in [4.69, 9.17) is 9.90 Å². The van der Waals surface area contributed by atoms with Crippen molar-refractivity contribution in [2.75, 3.05) is 44.2 Å². The molecule has 0 bridgehead atoms. The van der Waals surface area contributed by atoms with E-state index in [1.165, 1.54) is 0 Å². The fourth-order valence-corrected chi connectivity index (χ4v) is 5.77. The maximum atomic E-state index is 12.5. The maximum Gasteiger partial charge on any atom is 0.290 e. The van der Waals surface area contributed by atoms with Crippen molar-refractivity contribution in [3.05, 3.63) is 30.1 Å². The lowest BCUT2D eigenvalue weighted by molar-refractivity contribution is -0.131. The molecule has 0 aliphatic carbocycles. The third-order valence-corrected chi connectivity index (χ3v) is 7.31. The monoisotopic (exact) mass is 425 g/mol. The van der Waals surface area contributed by atoms with Gasteiger partial charge in [0.15, 0.2) is 9.84 Å². The zero-order valence-electron chi connectivity index (χ0n) is 16.8. The van der Waals surface area contributed by atoms with Crippen LogP contribution in [0.15, 0.2) is 24.5 Å². The summed E-state index contributed by atoms with van der Waals surface area (Å²) in [5, 5.41) is 6.89. The van der Waals surface area contributed by atoms with Crippen molar-refractivity contribution < 1.29 is 23.1 Å². The minimum atomic E-state index is -2.78. The van der Waals surface area contributed by atoms with Gasteiger partial charge in [-0.1, -0.05) is 6.07 Å². The van der Waals surface area contributed by atoms with Gasteiger partial charge in [-0.2, -0.15) is 0 Å².